The number of aliphatic hydroxyl groups is 3. The van der Waals surface area contributed by atoms with E-state index in [0.29, 0.717) is 19.3 Å². The molecule has 0 bridgehead atoms. The molecule has 0 aromatic rings. The van der Waals surface area contributed by atoms with Gasteiger partial charge in [0.05, 0.1) is 25.3 Å². The van der Waals surface area contributed by atoms with Crippen LogP contribution in [0, 0.1) is 5.92 Å². The van der Waals surface area contributed by atoms with Crippen molar-refractivity contribution in [3.8, 4) is 0 Å². The predicted octanol–water partition coefficient (Wildman–Crippen LogP) is 7.76. The topological polar surface area (TPSA) is 174 Å². The minimum Gasteiger partial charge on any atom is -0.394 e. The zero-order chi connectivity index (χ0) is 40.7. The van der Waals surface area contributed by atoms with Crippen molar-refractivity contribution in [2.24, 2.45) is 11.7 Å². The first-order valence-electron chi connectivity index (χ1n) is 22.8. The fraction of sp³-hybridized carbons (Fsp3) is 0.932. The summed E-state index contributed by atoms with van der Waals surface area (Å²) in [5.41, 5.74) is 6.02. The molecule has 1 aliphatic heterocycles. The molecule has 0 unspecified atom stereocenters. The lowest BCUT2D eigenvalue weighted by Gasteiger charge is -2.50. The van der Waals surface area contributed by atoms with Gasteiger partial charge in [-0.25, -0.2) is 0 Å². The number of amides is 3. The highest BCUT2D eigenvalue weighted by Gasteiger charge is 2.52. The van der Waals surface area contributed by atoms with Crippen molar-refractivity contribution in [3.05, 3.63) is 0 Å². The zero-order valence-electron chi connectivity index (χ0n) is 35.8. The molecule has 55 heavy (non-hydrogen) atoms. The highest BCUT2D eigenvalue weighted by Crippen LogP contribution is 2.32. The van der Waals surface area contributed by atoms with E-state index in [4.69, 9.17) is 10.5 Å². The number of hydrogen-bond donors (Lipinski definition) is 6. The van der Waals surface area contributed by atoms with Gasteiger partial charge in [-0.1, -0.05) is 175 Å². The van der Waals surface area contributed by atoms with Crippen molar-refractivity contribution < 1.29 is 34.4 Å². The fourth-order valence-corrected chi connectivity index (χ4v) is 7.71. The summed E-state index contributed by atoms with van der Waals surface area (Å²) in [7, 11) is 0. The Morgan fingerprint density at radius 2 is 1.16 bits per heavy atom. The Morgan fingerprint density at radius 3 is 1.60 bits per heavy atom. The smallest absolute Gasteiger partial charge is 0.243 e. The Kier molecular flexibility index (Phi) is 30.0. The van der Waals surface area contributed by atoms with Crippen LogP contribution in [-0.2, 0) is 19.1 Å². The first-order chi connectivity index (χ1) is 26.5. The van der Waals surface area contributed by atoms with Crippen molar-refractivity contribution in [3.63, 3.8) is 0 Å². The van der Waals surface area contributed by atoms with E-state index in [2.05, 4.69) is 24.5 Å². The van der Waals surface area contributed by atoms with Gasteiger partial charge in [-0.2, -0.15) is 0 Å². The molecule has 324 valence electrons. The van der Waals surface area contributed by atoms with E-state index in [9.17, 15) is 29.7 Å². The monoisotopic (exact) mass is 783 g/mol. The molecular formula is C44H86N4O7. The van der Waals surface area contributed by atoms with Crippen molar-refractivity contribution in [1.29, 1.82) is 0 Å². The molecule has 0 aliphatic carbocycles. The number of carbonyl (C=O) groups excluding carboxylic acids is 3. The third-order valence-electron chi connectivity index (χ3n) is 11.1. The second-order valence-electron chi connectivity index (χ2n) is 16.8. The summed E-state index contributed by atoms with van der Waals surface area (Å²) >= 11 is 0. The summed E-state index contributed by atoms with van der Waals surface area (Å²) in [6.45, 7) is 7.65. The number of aliphatic hydroxyl groups excluding tert-OH is 3. The molecule has 7 N–H and O–H groups in total. The number of rotatable bonds is 35. The van der Waals surface area contributed by atoms with Gasteiger partial charge in [0.2, 0.25) is 23.6 Å². The van der Waals surface area contributed by atoms with Gasteiger partial charge in [0, 0.05) is 19.4 Å². The number of nitrogens with two attached hydrogens (primary N) is 1. The average Bonchev–Trinajstić information content (AvgIpc) is 3.15. The Morgan fingerprint density at radius 1 is 0.727 bits per heavy atom. The number of nitrogens with zero attached hydrogens (tertiary/aromatic N) is 1. The first kappa shape index (κ1) is 51.2. The van der Waals surface area contributed by atoms with Crippen LogP contribution < -0.4 is 16.4 Å². The van der Waals surface area contributed by atoms with E-state index >= 15 is 0 Å². The van der Waals surface area contributed by atoms with Crippen molar-refractivity contribution in [1.82, 2.24) is 15.5 Å². The maximum atomic E-state index is 14.1. The SMILES string of the molecule is CCCCCCCCCCCCCCCCCCN(C(=O)CCCCCCCCCCC)[C@@]1(NC(=O)CNC(=O)[C@@H](N)CC(C)C)C[C@@H](O)[C@H](O)[C@@H](CO)O1. The van der Waals surface area contributed by atoms with Crippen LogP contribution >= 0.6 is 0 Å². The lowest BCUT2D eigenvalue weighted by Crippen LogP contribution is -2.72. The summed E-state index contributed by atoms with van der Waals surface area (Å²) in [4.78, 5) is 41.6. The Balaban J connectivity index is 2.86. The normalized spacial score (nSPS) is 20.4. The highest BCUT2D eigenvalue weighted by atomic mass is 16.6. The molecule has 0 aromatic carbocycles. The van der Waals surface area contributed by atoms with Crippen LogP contribution in [0.15, 0.2) is 0 Å². The number of unbranched alkanes of at least 4 members (excludes halogenated alkanes) is 23. The zero-order valence-corrected chi connectivity index (χ0v) is 35.8. The second kappa shape index (κ2) is 32.2. The van der Waals surface area contributed by atoms with Gasteiger partial charge in [0.15, 0.2) is 0 Å². The number of nitrogens with one attached hydrogen (secondary N) is 2. The largest absolute Gasteiger partial charge is 0.394 e. The van der Waals surface area contributed by atoms with Gasteiger partial charge < -0.3 is 36.4 Å². The molecule has 1 fully saturated rings. The molecule has 0 radical (unpaired) electrons. The summed E-state index contributed by atoms with van der Waals surface area (Å²) in [6, 6.07) is -0.771. The number of ether oxygens (including phenoxy) is 1. The molecule has 0 aromatic heterocycles. The molecule has 1 heterocycles. The lowest BCUT2D eigenvalue weighted by molar-refractivity contribution is -0.280. The molecule has 5 atom stereocenters. The van der Waals surface area contributed by atoms with Gasteiger partial charge in [-0.3, -0.25) is 19.3 Å². The molecule has 0 saturated carbocycles. The minimum atomic E-state index is -1.81. The predicted molar refractivity (Wildman–Crippen MR) is 223 cm³/mol. The van der Waals surface area contributed by atoms with E-state index in [1.165, 1.54) is 114 Å². The lowest BCUT2D eigenvalue weighted by atomic mass is 9.96. The average molecular weight is 783 g/mol. The Hall–Kier alpha value is -1.79. The van der Waals surface area contributed by atoms with Crippen LogP contribution in [0.5, 0.6) is 0 Å². The molecule has 11 heteroatoms. The van der Waals surface area contributed by atoms with Gasteiger partial charge >= 0.3 is 0 Å². The van der Waals surface area contributed by atoms with E-state index in [1.54, 1.807) is 0 Å². The Bertz CT molecular complexity index is 986. The molecule has 0 spiro atoms. The van der Waals surface area contributed by atoms with E-state index < -0.39 is 55.2 Å². The van der Waals surface area contributed by atoms with E-state index in [1.807, 2.05) is 13.8 Å². The molecule has 1 aliphatic rings. The van der Waals surface area contributed by atoms with Crippen LogP contribution in [0.1, 0.15) is 207 Å². The van der Waals surface area contributed by atoms with Gasteiger partial charge in [-0.15, -0.1) is 0 Å². The fourth-order valence-electron chi connectivity index (χ4n) is 7.71. The minimum absolute atomic E-state index is 0.201. The number of carbonyl (C=O) groups is 3. The first-order valence-corrected chi connectivity index (χ1v) is 22.8. The summed E-state index contributed by atoms with van der Waals surface area (Å²) in [6.07, 6.45) is 26.0. The number of hydrogen-bond acceptors (Lipinski definition) is 8. The van der Waals surface area contributed by atoms with Crippen LogP contribution in [0.2, 0.25) is 0 Å². The molecule has 3 amide bonds. The second-order valence-corrected chi connectivity index (χ2v) is 16.8. The van der Waals surface area contributed by atoms with Crippen molar-refractivity contribution >= 4 is 17.7 Å². The van der Waals surface area contributed by atoms with Gasteiger partial charge in [-0.05, 0) is 25.2 Å². The maximum absolute atomic E-state index is 14.1. The highest BCUT2D eigenvalue weighted by molar-refractivity contribution is 5.88. The molecule has 1 rings (SSSR count). The van der Waals surface area contributed by atoms with Gasteiger partial charge in [0.1, 0.15) is 12.2 Å². The molecule has 1 saturated heterocycles. The quantitative estimate of drug-likeness (QED) is 0.0280. The van der Waals surface area contributed by atoms with Crippen LogP contribution in [-0.4, -0.2) is 87.8 Å². The van der Waals surface area contributed by atoms with Crippen LogP contribution in [0.3, 0.4) is 0 Å². The summed E-state index contributed by atoms with van der Waals surface area (Å²) in [5.74, 6) is -2.91. The molecular weight excluding hydrogens is 697 g/mol. The van der Waals surface area contributed by atoms with E-state index in [-0.39, 0.29) is 31.2 Å². The summed E-state index contributed by atoms with van der Waals surface area (Å²) < 4.78 is 6.21. The maximum Gasteiger partial charge on any atom is 0.243 e. The van der Waals surface area contributed by atoms with Crippen molar-refractivity contribution in [2.75, 3.05) is 19.7 Å². The van der Waals surface area contributed by atoms with Gasteiger partial charge in [0.25, 0.3) is 0 Å². The summed E-state index contributed by atoms with van der Waals surface area (Å²) in [5, 5.41) is 37.1. The standard InChI is InChI=1S/C44H86N4O7/c1-5-7-9-11-13-15-16-17-18-19-20-21-23-25-27-29-31-48(41(52)30-28-26-24-22-14-12-10-8-6-2)44(33-38(50)42(53)39(35-49)55-44)47-40(51)34-46-43(54)37(45)32-36(3)4/h36-39,42,49-50,53H,5-35,45H2,1-4H3,(H,46,54)(H,47,51)/t37-,38+,39+,42-,44-/m0/s1. The third kappa shape index (κ3) is 23.3. The van der Waals surface area contributed by atoms with Crippen molar-refractivity contribution in [2.45, 2.75) is 238 Å². The molecule has 11 nitrogen and oxygen atoms in total. The van der Waals surface area contributed by atoms with Crippen LogP contribution in [0.4, 0.5) is 0 Å². The van der Waals surface area contributed by atoms with E-state index in [0.717, 1.165) is 38.5 Å². The van der Waals surface area contributed by atoms with Crippen LogP contribution in [0.25, 0.3) is 0 Å². The Labute approximate surface area is 336 Å². The third-order valence-corrected chi connectivity index (χ3v) is 11.1.